The van der Waals surface area contributed by atoms with Gasteiger partial charge in [0.2, 0.25) is 0 Å². The first-order chi connectivity index (χ1) is 12.4. The minimum atomic E-state index is -1.20. The summed E-state index contributed by atoms with van der Waals surface area (Å²) < 4.78 is 0. The molecule has 1 aliphatic rings. The summed E-state index contributed by atoms with van der Waals surface area (Å²) in [6.07, 6.45) is 0. The second kappa shape index (κ2) is 7.27. The molecule has 0 spiro atoms. The standard InChI is InChI=1S/C18H20N4O3S/c1-18(14-6-4-3-5-7-14)16(24)22(17(25)19-18)20-15(23)11-21(2)10-13-8-9-26-12-13/h3-9,12H,10-11H2,1-2H3,(H,19,25)(H,20,23)/t18-/m0/s1. The van der Waals surface area contributed by atoms with Crippen molar-refractivity contribution in [1.29, 1.82) is 0 Å². The molecular weight excluding hydrogens is 352 g/mol. The fraction of sp³-hybridized carbons (Fsp3) is 0.278. The summed E-state index contributed by atoms with van der Waals surface area (Å²) in [5.74, 6) is -0.939. The first-order valence-electron chi connectivity index (χ1n) is 8.11. The average Bonchev–Trinajstić information content (AvgIpc) is 3.18. The number of carbonyl (C=O) groups is 3. The van der Waals surface area contributed by atoms with Gasteiger partial charge in [-0.25, -0.2) is 4.79 Å². The Bertz CT molecular complexity index is 809. The van der Waals surface area contributed by atoms with Crippen molar-refractivity contribution in [2.75, 3.05) is 13.6 Å². The Labute approximate surface area is 155 Å². The lowest BCUT2D eigenvalue weighted by Crippen LogP contribution is -2.50. The van der Waals surface area contributed by atoms with Gasteiger partial charge in [-0.2, -0.15) is 16.3 Å². The van der Waals surface area contributed by atoms with E-state index in [-0.39, 0.29) is 6.54 Å². The molecule has 136 valence electrons. The fourth-order valence-electron chi connectivity index (χ4n) is 2.86. The highest BCUT2D eigenvalue weighted by Crippen LogP contribution is 2.27. The molecule has 0 saturated carbocycles. The van der Waals surface area contributed by atoms with E-state index in [2.05, 4.69) is 10.7 Å². The van der Waals surface area contributed by atoms with E-state index in [1.807, 2.05) is 27.8 Å². The number of likely N-dealkylation sites (N-methyl/N-ethyl adjacent to an activating group) is 1. The Balaban J connectivity index is 1.63. The van der Waals surface area contributed by atoms with E-state index in [0.29, 0.717) is 12.1 Å². The van der Waals surface area contributed by atoms with Crippen molar-refractivity contribution < 1.29 is 14.4 Å². The molecular formula is C18H20N4O3S. The lowest BCUT2D eigenvalue weighted by molar-refractivity contribution is -0.139. The summed E-state index contributed by atoms with van der Waals surface area (Å²) in [6.45, 7) is 2.30. The highest BCUT2D eigenvalue weighted by atomic mass is 32.1. The van der Waals surface area contributed by atoms with Crippen LogP contribution in [-0.2, 0) is 21.7 Å². The van der Waals surface area contributed by atoms with E-state index in [9.17, 15) is 14.4 Å². The van der Waals surface area contributed by atoms with Crippen molar-refractivity contribution in [2.45, 2.75) is 19.0 Å². The molecule has 0 aliphatic carbocycles. The number of rotatable bonds is 6. The van der Waals surface area contributed by atoms with Crippen molar-refractivity contribution in [2.24, 2.45) is 0 Å². The van der Waals surface area contributed by atoms with E-state index in [0.717, 1.165) is 10.6 Å². The van der Waals surface area contributed by atoms with Crippen LogP contribution in [0.25, 0.3) is 0 Å². The molecule has 7 nitrogen and oxygen atoms in total. The van der Waals surface area contributed by atoms with Crippen LogP contribution >= 0.6 is 11.3 Å². The molecule has 1 fully saturated rings. The highest BCUT2D eigenvalue weighted by Gasteiger charge is 2.49. The third-order valence-corrected chi connectivity index (χ3v) is 4.96. The highest BCUT2D eigenvalue weighted by molar-refractivity contribution is 7.07. The van der Waals surface area contributed by atoms with Gasteiger partial charge in [0, 0.05) is 6.54 Å². The van der Waals surface area contributed by atoms with Crippen molar-refractivity contribution in [1.82, 2.24) is 20.7 Å². The number of urea groups is 1. The first-order valence-corrected chi connectivity index (χ1v) is 9.06. The van der Waals surface area contributed by atoms with Crippen LogP contribution in [0.2, 0.25) is 0 Å². The summed E-state index contributed by atoms with van der Waals surface area (Å²) in [5, 5.41) is 7.39. The zero-order valence-corrected chi connectivity index (χ0v) is 15.4. The molecule has 0 unspecified atom stereocenters. The Kier molecular flexibility index (Phi) is 5.06. The molecule has 1 aromatic heterocycles. The number of carbonyl (C=O) groups excluding carboxylic acids is 3. The first kappa shape index (κ1) is 18.1. The Morgan fingerprint density at radius 3 is 2.65 bits per heavy atom. The maximum Gasteiger partial charge on any atom is 0.344 e. The van der Waals surface area contributed by atoms with Crippen molar-refractivity contribution in [3.63, 3.8) is 0 Å². The van der Waals surface area contributed by atoms with Gasteiger partial charge in [-0.05, 0) is 41.9 Å². The molecule has 26 heavy (non-hydrogen) atoms. The topological polar surface area (TPSA) is 81.8 Å². The SMILES string of the molecule is CN(CC(=O)NN1C(=O)N[C@@](C)(c2ccccc2)C1=O)Cc1ccsc1. The third kappa shape index (κ3) is 3.61. The molecule has 0 radical (unpaired) electrons. The summed E-state index contributed by atoms with van der Waals surface area (Å²) in [4.78, 5) is 39.0. The Morgan fingerprint density at radius 2 is 2.00 bits per heavy atom. The lowest BCUT2D eigenvalue weighted by atomic mass is 9.92. The summed E-state index contributed by atoms with van der Waals surface area (Å²) in [5.41, 5.74) is 2.97. The number of nitrogens with zero attached hydrogens (tertiary/aromatic N) is 2. The lowest BCUT2D eigenvalue weighted by Gasteiger charge is -2.22. The largest absolute Gasteiger partial charge is 0.344 e. The van der Waals surface area contributed by atoms with Gasteiger partial charge in [0.1, 0.15) is 5.54 Å². The van der Waals surface area contributed by atoms with Crippen LogP contribution in [0.1, 0.15) is 18.1 Å². The molecule has 2 heterocycles. The molecule has 1 aromatic carbocycles. The Morgan fingerprint density at radius 1 is 1.27 bits per heavy atom. The van der Waals surface area contributed by atoms with Gasteiger partial charge in [-0.15, -0.1) is 0 Å². The van der Waals surface area contributed by atoms with Gasteiger partial charge in [0.15, 0.2) is 0 Å². The Hall–Kier alpha value is -2.71. The van der Waals surface area contributed by atoms with Crippen LogP contribution in [0, 0.1) is 0 Å². The van der Waals surface area contributed by atoms with Crippen LogP contribution in [0.15, 0.2) is 47.2 Å². The number of amides is 4. The van der Waals surface area contributed by atoms with Gasteiger partial charge >= 0.3 is 6.03 Å². The summed E-state index contributed by atoms with van der Waals surface area (Å²) in [6, 6.07) is 10.3. The van der Waals surface area contributed by atoms with Gasteiger partial charge in [0.25, 0.3) is 11.8 Å². The zero-order valence-electron chi connectivity index (χ0n) is 14.6. The number of hydrogen-bond acceptors (Lipinski definition) is 5. The number of hydrogen-bond donors (Lipinski definition) is 2. The molecule has 2 aromatic rings. The molecule has 1 atom stereocenters. The number of hydrazine groups is 1. The van der Waals surface area contributed by atoms with Gasteiger partial charge in [-0.3, -0.25) is 19.9 Å². The smallest absolute Gasteiger partial charge is 0.318 e. The minimum Gasteiger partial charge on any atom is -0.318 e. The third-order valence-electron chi connectivity index (χ3n) is 4.22. The number of nitrogens with one attached hydrogen (secondary N) is 2. The molecule has 8 heteroatoms. The van der Waals surface area contributed by atoms with Crippen LogP contribution in [0.3, 0.4) is 0 Å². The van der Waals surface area contributed by atoms with E-state index in [1.165, 1.54) is 0 Å². The maximum absolute atomic E-state index is 12.7. The van der Waals surface area contributed by atoms with Crippen LogP contribution in [0.5, 0.6) is 0 Å². The minimum absolute atomic E-state index is 0.0644. The monoisotopic (exact) mass is 372 g/mol. The van der Waals surface area contributed by atoms with Crippen LogP contribution < -0.4 is 10.7 Å². The zero-order chi connectivity index (χ0) is 18.7. The van der Waals surface area contributed by atoms with Crippen molar-refractivity contribution in [3.05, 3.63) is 58.3 Å². The van der Waals surface area contributed by atoms with Gasteiger partial charge in [0.05, 0.1) is 6.54 Å². The predicted molar refractivity (Wildman–Crippen MR) is 98.0 cm³/mol. The van der Waals surface area contributed by atoms with E-state index >= 15 is 0 Å². The van der Waals surface area contributed by atoms with E-state index in [1.54, 1.807) is 49.6 Å². The maximum atomic E-state index is 12.7. The normalized spacial score (nSPS) is 19.7. The van der Waals surface area contributed by atoms with Crippen molar-refractivity contribution in [3.8, 4) is 0 Å². The fourth-order valence-corrected chi connectivity index (χ4v) is 3.52. The van der Waals surface area contributed by atoms with E-state index in [4.69, 9.17) is 0 Å². The quantitative estimate of drug-likeness (QED) is 0.756. The van der Waals surface area contributed by atoms with Gasteiger partial charge < -0.3 is 5.32 Å². The second-order valence-corrected chi connectivity index (χ2v) is 7.18. The van der Waals surface area contributed by atoms with Crippen molar-refractivity contribution >= 4 is 29.2 Å². The molecule has 0 bridgehead atoms. The molecule has 3 rings (SSSR count). The summed E-state index contributed by atoms with van der Waals surface area (Å²) in [7, 11) is 1.80. The van der Waals surface area contributed by atoms with Crippen LogP contribution in [-0.4, -0.2) is 41.3 Å². The van der Waals surface area contributed by atoms with Gasteiger partial charge in [-0.1, -0.05) is 30.3 Å². The number of benzene rings is 1. The number of thiophene rings is 1. The van der Waals surface area contributed by atoms with Crippen LogP contribution in [0.4, 0.5) is 4.79 Å². The molecule has 1 aliphatic heterocycles. The molecule has 1 saturated heterocycles. The number of imide groups is 1. The predicted octanol–water partition coefficient (Wildman–Crippen LogP) is 1.68. The molecule has 4 amide bonds. The average molecular weight is 372 g/mol. The molecule has 2 N–H and O–H groups in total. The second-order valence-electron chi connectivity index (χ2n) is 6.40. The van der Waals surface area contributed by atoms with E-state index < -0.39 is 23.4 Å². The summed E-state index contributed by atoms with van der Waals surface area (Å²) >= 11 is 1.59.